The van der Waals surface area contributed by atoms with Crippen LogP contribution in [0.1, 0.15) is 225 Å². The molecule has 3 heteroatoms. The number of carbonyl (C=O) groups is 1. The molecule has 0 aliphatic heterocycles. The van der Waals surface area contributed by atoms with Crippen LogP contribution in [0.15, 0.2) is 0 Å². The van der Waals surface area contributed by atoms with Crippen molar-refractivity contribution < 1.29 is 28.8 Å². The zero-order valence-electron chi connectivity index (χ0n) is 27.4. The molecule has 0 atom stereocenters. The van der Waals surface area contributed by atoms with Gasteiger partial charge in [-0.05, 0) is 12.8 Å². The fraction of sp³-hybridized carbons (Fsp3) is 0.972. The molecule has 0 saturated carbocycles. The SMILES string of the molecule is CCCCCCCCCCCCCCCCCCCCCCCCCCCCCCCCCCCC(=O)[O-].[Li+]. The van der Waals surface area contributed by atoms with E-state index in [1.54, 1.807) is 0 Å². The molecular weight excluding hydrogens is 471 g/mol. The van der Waals surface area contributed by atoms with E-state index in [0.29, 0.717) is 0 Å². The van der Waals surface area contributed by atoms with E-state index in [0.717, 1.165) is 12.8 Å². The number of hydrogen-bond donors (Lipinski definition) is 0. The molecule has 0 amide bonds. The van der Waals surface area contributed by atoms with Crippen LogP contribution in [0.5, 0.6) is 0 Å². The second kappa shape index (κ2) is 38.1. The summed E-state index contributed by atoms with van der Waals surface area (Å²) < 4.78 is 0. The Labute approximate surface area is 259 Å². The fourth-order valence-corrected chi connectivity index (χ4v) is 5.82. The third-order valence-corrected chi connectivity index (χ3v) is 8.48. The van der Waals surface area contributed by atoms with Gasteiger partial charge in [0.05, 0.1) is 0 Å². The van der Waals surface area contributed by atoms with E-state index in [1.165, 1.54) is 199 Å². The van der Waals surface area contributed by atoms with Crippen molar-refractivity contribution in [3.63, 3.8) is 0 Å². The van der Waals surface area contributed by atoms with Gasteiger partial charge in [0.25, 0.3) is 0 Å². The van der Waals surface area contributed by atoms with Crippen LogP contribution < -0.4 is 24.0 Å². The third-order valence-electron chi connectivity index (χ3n) is 8.48. The molecule has 39 heavy (non-hydrogen) atoms. The van der Waals surface area contributed by atoms with Gasteiger partial charge in [0.2, 0.25) is 0 Å². The second-order valence-electron chi connectivity index (χ2n) is 12.4. The number of aliphatic carboxylic acids is 1. The van der Waals surface area contributed by atoms with E-state index < -0.39 is 5.97 Å². The molecule has 0 saturated heterocycles. The number of hydrogen-bond acceptors (Lipinski definition) is 2. The molecule has 2 nitrogen and oxygen atoms in total. The smallest absolute Gasteiger partial charge is 0.550 e. The summed E-state index contributed by atoms with van der Waals surface area (Å²) in [7, 11) is 0. The van der Waals surface area contributed by atoms with Gasteiger partial charge in [-0.1, -0.05) is 212 Å². The summed E-state index contributed by atoms with van der Waals surface area (Å²) in [4.78, 5) is 10.4. The number of carboxylic acids is 1. The van der Waals surface area contributed by atoms with Gasteiger partial charge in [0.1, 0.15) is 0 Å². The second-order valence-corrected chi connectivity index (χ2v) is 12.4. The molecule has 0 aromatic rings. The quantitative estimate of drug-likeness (QED) is 0.0601. The van der Waals surface area contributed by atoms with Crippen molar-refractivity contribution in [1.29, 1.82) is 0 Å². The van der Waals surface area contributed by atoms with Crippen molar-refractivity contribution in [2.45, 2.75) is 225 Å². The molecule has 0 heterocycles. The third kappa shape index (κ3) is 40.3. The van der Waals surface area contributed by atoms with Gasteiger partial charge in [-0.25, -0.2) is 0 Å². The van der Waals surface area contributed by atoms with Crippen LogP contribution in [0, 0.1) is 0 Å². The minimum absolute atomic E-state index is 0. The first kappa shape index (κ1) is 41.2. The predicted octanol–water partition coefficient (Wildman–Crippen LogP) is 9.02. The van der Waals surface area contributed by atoms with E-state index >= 15 is 0 Å². The molecule has 0 aromatic carbocycles. The summed E-state index contributed by atoms with van der Waals surface area (Å²) in [6.07, 6.45) is 46.5. The Bertz CT molecular complexity index is 440. The molecule has 0 spiro atoms. The van der Waals surface area contributed by atoms with Crippen molar-refractivity contribution in [1.82, 2.24) is 0 Å². The Morgan fingerprint density at radius 3 is 0.641 bits per heavy atom. The normalized spacial score (nSPS) is 11.1. The summed E-state index contributed by atoms with van der Waals surface area (Å²) in [5.41, 5.74) is 0. The molecule has 228 valence electrons. The predicted molar refractivity (Wildman–Crippen MR) is 168 cm³/mol. The van der Waals surface area contributed by atoms with E-state index in [9.17, 15) is 9.90 Å². The van der Waals surface area contributed by atoms with Crippen molar-refractivity contribution in [2.75, 3.05) is 0 Å². The zero-order valence-corrected chi connectivity index (χ0v) is 27.4. The largest absolute Gasteiger partial charge is 1.00 e. The summed E-state index contributed by atoms with van der Waals surface area (Å²) in [6.45, 7) is 2.30. The maximum absolute atomic E-state index is 10.4. The molecule has 0 fully saturated rings. The van der Waals surface area contributed by atoms with Gasteiger partial charge in [-0.2, -0.15) is 0 Å². The van der Waals surface area contributed by atoms with Crippen molar-refractivity contribution in [2.24, 2.45) is 0 Å². The molecule has 0 aromatic heterocycles. The summed E-state index contributed by atoms with van der Waals surface area (Å²) in [5, 5.41) is 10.4. The maximum Gasteiger partial charge on any atom is 1.00 e. The number of carboxylic acid groups (broad SMARTS) is 1. The average molecular weight is 543 g/mol. The van der Waals surface area contributed by atoms with Crippen LogP contribution in [-0.4, -0.2) is 5.97 Å². The minimum atomic E-state index is -0.897. The van der Waals surface area contributed by atoms with Gasteiger partial charge < -0.3 is 9.90 Å². The topological polar surface area (TPSA) is 40.1 Å². The van der Waals surface area contributed by atoms with Crippen molar-refractivity contribution in [3.8, 4) is 0 Å². The van der Waals surface area contributed by atoms with Crippen LogP contribution in [-0.2, 0) is 4.79 Å². The van der Waals surface area contributed by atoms with E-state index in [2.05, 4.69) is 6.92 Å². The van der Waals surface area contributed by atoms with Crippen LogP contribution in [0.25, 0.3) is 0 Å². The van der Waals surface area contributed by atoms with Crippen LogP contribution >= 0.6 is 0 Å². The first-order valence-corrected chi connectivity index (χ1v) is 18.0. The standard InChI is InChI=1S/C36H72O2.Li/c1-2-3-4-5-6-7-8-9-10-11-12-13-14-15-16-17-18-19-20-21-22-23-24-25-26-27-28-29-30-31-32-33-34-35-36(37)38;/h2-35H2,1H3,(H,37,38);/q;+1/p-1. The van der Waals surface area contributed by atoms with Crippen LogP contribution in [0.3, 0.4) is 0 Å². The van der Waals surface area contributed by atoms with Gasteiger partial charge in [-0.15, -0.1) is 0 Å². The van der Waals surface area contributed by atoms with Gasteiger partial charge in [0, 0.05) is 5.97 Å². The molecule has 0 rings (SSSR count). The average Bonchev–Trinajstić information content (AvgIpc) is 2.91. The van der Waals surface area contributed by atoms with Crippen LogP contribution in [0.2, 0.25) is 0 Å². The Morgan fingerprint density at radius 1 is 0.333 bits per heavy atom. The Balaban J connectivity index is 0. The monoisotopic (exact) mass is 543 g/mol. The van der Waals surface area contributed by atoms with E-state index in [4.69, 9.17) is 0 Å². The fourth-order valence-electron chi connectivity index (χ4n) is 5.82. The van der Waals surface area contributed by atoms with E-state index in [-0.39, 0.29) is 25.3 Å². The Morgan fingerprint density at radius 2 is 0.487 bits per heavy atom. The molecule has 0 bridgehead atoms. The molecule has 0 N–H and O–H groups in total. The van der Waals surface area contributed by atoms with E-state index in [1.807, 2.05) is 0 Å². The van der Waals surface area contributed by atoms with Gasteiger partial charge in [-0.3, -0.25) is 0 Å². The number of rotatable bonds is 34. The molecule has 0 aliphatic carbocycles. The minimum Gasteiger partial charge on any atom is -0.550 e. The van der Waals surface area contributed by atoms with Crippen LogP contribution in [0.4, 0.5) is 0 Å². The number of carbonyl (C=O) groups excluding carboxylic acids is 1. The van der Waals surface area contributed by atoms with Crippen molar-refractivity contribution in [3.05, 3.63) is 0 Å². The molecule has 0 unspecified atom stereocenters. The molecule has 0 aliphatic rings. The Kier molecular flexibility index (Phi) is 40.2. The number of unbranched alkanes of at least 4 members (excludes halogenated alkanes) is 32. The first-order chi connectivity index (χ1) is 18.8. The Hall–Kier alpha value is 0.0674. The summed E-state index contributed by atoms with van der Waals surface area (Å²) in [6, 6.07) is 0. The van der Waals surface area contributed by atoms with Gasteiger partial charge >= 0.3 is 18.9 Å². The summed E-state index contributed by atoms with van der Waals surface area (Å²) in [5.74, 6) is -0.897. The van der Waals surface area contributed by atoms with Gasteiger partial charge in [0.15, 0.2) is 0 Å². The maximum atomic E-state index is 10.4. The summed E-state index contributed by atoms with van der Waals surface area (Å²) >= 11 is 0. The first-order valence-electron chi connectivity index (χ1n) is 18.0. The van der Waals surface area contributed by atoms with Crippen molar-refractivity contribution >= 4 is 5.97 Å². The molecule has 0 radical (unpaired) electrons. The zero-order chi connectivity index (χ0) is 27.6. The molecular formula is C36H71LiO2.